The van der Waals surface area contributed by atoms with Gasteiger partial charge in [-0.25, -0.2) is 0 Å². The quantitative estimate of drug-likeness (QED) is 0.878. The Labute approximate surface area is 142 Å². The molecule has 0 radical (unpaired) electrons. The number of hydrogen-bond acceptors (Lipinski definition) is 5. The van der Waals surface area contributed by atoms with Gasteiger partial charge in [0.2, 0.25) is 0 Å². The smallest absolute Gasteiger partial charge is 0.272 e. The van der Waals surface area contributed by atoms with E-state index in [2.05, 4.69) is 27.3 Å². The maximum atomic E-state index is 12.5. The molecular weight excluding hydrogens is 302 g/mol. The van der Waals surface area contributed by atoms with Crippen LogP contribution in [0.2, 0.25) is 0 Å². The topological polar surface area (TPSA) is 61.4 Å². The number of carbonyl (C=O) groups excluding carboxylic acids is 1. The molecule has 1 amide bonds. The number of nitrogens with one attached hydrogen (secondary N) is 1. The summed E-state index contributed by atoms with van der Waals surface area (Å²) in [6.45, 7) is 6.71. The molecule has 6 heteroatoms. The molecule has 2 heterocycles. The number of carbonyl (C=O) groups is 1. The van der Waals surface area contributed by atoms with Gasteiger partial charge in [0, 0.05) is 37.5 Å². The highest BCUT2D eigenvalue weighted by Crippen LogP contribution is 2.24. The number of aromatic nitrogens is 2. The zero-order valence-corrected chi connectivity index (χ0v) is 14.5. The first kappa shape index (κ1) is 16.6. The van der Waals surface area contributed by atoms with Crippen molar-refractivity contribution in [1.29, 1.82) is 0 Å². The monoisotopic (exact) mass is 327 g/mol. The third kappa shape index (κ3) is 3.48. The Balaban J connectivity index is 1.77. The van der Waals surface area contributed by atoms with E-state index in [4.69, 9.17) is 0 Å². The number of benzene rings is 1. The van der Waals surface area contributed by atoms with Gasteiger partial charge in [0.1, 0.15) is 0 Å². The minimum atomic E-state index is -0.149. The largest absolute Gasteiger partial charge is 0.358 e. The second-order valence-corrected chi connectivity index (χ2v) is 6.24. The normalized spacial score (nSPS) is 14.9. The van der Waals surface area contributed by atoms with Crippen molar-refractivity contribution < 1.29 is 4.79 Å². The van der Waals surface area contributed by atoms with Crippen molar-refractivity contribution in [1.82, 2.24) is 20.4 Å². The molecule has 1 aromatic carbocycles. The van der Waals surface area contributed by atoms with Crippen molar-refractivity contribution in [3.05, 3.63) is 30.0 Å². The van der Waals surface area contributed by atoms with Gasteiger partial charge in [-0.15, -0.1) is 10.2 Å². The molecule has 1 saturated heterocycles. The van der Waals surface area contributed by atoms with Crippen LogP contribution in [0.4, 0.5) is 5.82 Å². The molecule has 0 bridgehead atoms. The average Bonchev–Trinajstić information content (AvgIpc) is 3.13. The third-order valence-corrected chi connectivity index (χ3v) is 4.63. The van der Waals surface area contributed by atoms with Gasteiger partial charge in [0.25, 0.3) is 5.91 Å². The van der Waals surface area contributed by atoms with Gasteiger partial charge in [-0.3, -0.25) is 4.79 Å². The van der Waals surface area contributed by atoms with Crippen LogP contribution < -0.4 is 10.2 Å². The zero-order chi connectivity index (χ0) is 16.9. The lowest BCUT2D eigenvalue weighted by atomic mass is 10.1. The maximum Gasteiger partial charge on any atom is 0.272 e. The number of nitrogens with zero attached hydrogens (tertiary/aromatic N) is 4. The fourth-order valence-electron chi connectivity index (χ4n) is 3.11. The first-order chi connectivity index (χ1) is 11.7. The van der Waals surface area contributed by atoms with Crippen LogP contribution in [0.15, 0.2) is 24.3 Å². The summed E-state index contributed by atoms with van der Waals surface area (Å²) in [6, 6.07) is 7.83. The van der Waals surface area contributed by atoms with E-state index in [1.807, 2.05) is 36.2 Å². The fourth-order valence-corrected chi connectivity index (χ4v) is 3.11. The second-order valence-electron chi connectivity index (χ2n) is 6.24. The summed E-state index contributed by atoms with van der Waals surface area (Å²) in [7, 11) is 1.98. The summed E-state index contributed by atoms with van der Waals surface area (Å²) in [5.41, 5.74) is 0.403. The van der Waals surface area contributed by atoms with Crippen molar-refractivity contribution >= 4 is 22.5 Å². The van der Waals surface area contributed by atoms with Crippen molar-refractivity contribution in [2.24, 2.45) is 0 Å². The highest BCUT2D eigenvalue weighted by Gasteiger charge is 2.17. The molecule has 128 valence electrons. The third-order valence-electron chi connectivity index (χ3n) is 4.63. The average molecular weight is 327 g/mol. The highest BCUT2D eigenvalue weighted by atomic mass is 16.1. The number of fused-ring (bicyclic) bond motifs is 1. The molecule has 0 aliphatic carbocycles. The van der Waals surface area contributed by atoms with Gasteiger partial charge in [-0.05, 0) is 32.9 Å². The summed E-state index contributed by atoms with van der Waals surface area (Å²) >= 11 is 0. The Kier molecular flexibility index (Phi) is 5.25. The van der Waals surface area contributed by atoms with Crippen LogP contribution in [0, 0.1) is 0 Å². The first-order valence-electron chi connectivity index (χ1n) is 8.68. The Morgan fingerprint density at radius 1 is 1.21 bits per heavy atom. The molecule has 3 rings (SSSR count). The maximum absolute atomic E-state index is 12.5. The summed E-state index contributed by atoms with van der Waals surface area (Å²) < 4.78 is 0. The van der Waals surface area contributed by atoms with E-state index in [1.54, 1.807) is 0 Å². The fraction of sp³-hybridized carbons (Fsp3) is 0.500. The number of anilines is 1. The van der Waals surface area contributed by atoms with Gasteiger partial charge in [0.05, 0.1) is 0 Å². The van der Waals surface area contributed by atoms with Gasteiger partial charge in [-0.2, -0.15) is 0 Å². The van der Waals surface area contributed by atoms with Gasteiger partial charge in [0.15, 0.2) is 11.5 Å². The van der Waals surface area contributed by atoms with Gasteiger partial charge >= 0.3 is 0 Å². The minimum Gasteiger partial charge on any atom is -0.358 e. The summed E-state index contributed by atoms with van der Waals surface area (Å²) in [5.74, 6) is 0.658. The number of rotatable bonds is 6. The van der Waals surface area contributed by atoms with Crippen LogP contribution in [0.1, 0.15) is 30.3 Å². The standard InChI is InChI=1S/C18H25N5O/c1-3-22(2)17-15-9-5-4-8-14(15)16(20-21-17)18(24)19-10-13-23-11-6-7-12-23/h4-5,8-9H,3,6-7,10-13H2,1-2H3,(H,19,24). The SMILES string of the molecule is CCN(C)c1nnc(C(=O)NCCN2CCCC2)c2ccccc12. The second kappa shape index (κ2) is 7.57. The lowest BCUT2D eigenvalue weighted by Gasteiger charge is -2.18. The Bertz CT molecular complexity index is 712. The molecule has 1 aliphatic heterocycles. The van der Waals surface area contributed by atoms with E-state index < -0.39 is 0 Å². The van der Waals surface area contributed by atoms with Crippen LogP contribution in [0.5, 0.6) is 0 Å². The van der Waals surface area contributed by atoms with Crippen molar-refractivity contribution in [2.75, 3.05) is 44.7 Å². The van der Waals surface area contributed by atoms with Crippen LogP contribution in [-0.2, 0) is 0 Å². The van der Waals surface area contributed by atoms with E-state index in [9.17, 15) is 4.79 Å². The van der Waals surface area contributed by atoms with Crippen molar-refractivity contribution in [3.8, 4) is 0 Å². The molecule has 24 heavy (non-hydrogen) atoms. The van der Waals surface area contributed by atoms with Crippen molar-refractivity contribution in [2.45, 2.75) is 19.8 Å². The molecule has 0 saturated carbocycles. The molecule has 2 aromatic rings. The van der Waals surface area contributed by atoms with Crippen LogP contribution >= 0.6 is 0 Å². The van der Waals surface area contributed by atoms with E-state index in [0.29, 0.717) is 12.2 Å². The lowest BCUT2D eigenvalue weighted by Crippen LogP contribution is -2.34. The summed E-state index contributed by atoms with van der Waals surface area (Å²) in [4.78, 5) is 16.9. The van der Waals surface area contributed by atoms with E-state index >= 15 is 0 Å². The molecule has 1 aromatic heterocycles. The predicted molar refractivity (Wildman–Crippen MR) is 96.5 cm³/mol. The first-order valence-corrected chi connectivity index (χ1v) is 8.68. The number of amides is 1. The zero-order valence-electron chi connectivity index (χ0n) is 14.5. The van der Waals surface area contributed by atoms with E-state index in [0.717, 1.165) is 42.8 Å². The Morgan fingerprint density at radius 2 is 1.92 bits per heavy atom. The van der Waals surface area contributed by atoms with Crippen LogP contribution in [-0.4, -0.2) is 60.8 Å². The van der Waals surface area contributed by atoms with Crippen LogP contribution in [0.3, 0.4) is 0 Å². The molecule has 1 fully saturated rings. The minimum absolute atomic E-state index is 0.149. The molecule has 1 N–H and O–H groups in total. The lowest BCUT2D eigenvalue weighted by molar-refractivity contribution is 0.0945. The van der Waals surface area contributed by atoms with Gasteiger partial charge < -0.3 is 15.1 Å². The number of hydrogen-bond donors (Lipinski definition) is 1. The molecule has 1 aliphatic rings. The van der Waals surface area contributed by atoms with Gasteiger partial charge in [-0.1, -0.05) is 24.3 Å². The van der Waals surface area contributed by atoms with E-state index in [1.165, 1.54) is 12.8 Å². The summed E-state index contributed by atoms with van der Waals surface area (Å²) in [5, 5.41) is 13.3. The Morgan fingerprint density at radius 3 is 2.62 bits per heavy atom. The van der Waals surface area contributed by atoms with Crippen molar-refractivity contribution in [3.63, 3.8) is 0 Å². The highest BCUT2D eigenvalue weighted by molar-refractivity contribution is 6.07. The molecular formula is C18H25N5O. The van der Waals surface area contributed by atoms with E-state index in [-0.39, 0.29) is 5.91 Å². The number of likely N-dealkylation sites (tertiary alicyclic amines) is 1. The molecule has 0 atom stereocenters. The Hall–Kier alpha value is -2.21. The molecule has 6 nitrogen and oxygen atoms in total. The van der Waals surface area contributed by atoms with Crippen LogP contribution in [0.25, 0.3) is 10.8 Å². The summed E-state index contributed by atoms with van der Waals surface area (Å²) in [6.07, 6.45) is 2.52. The molecule has 0 spiro atoms. The predicted octanol–water partition coefficient (Wildman–Crippen LogP) is 1.91. The molecule has 0 unspecified atom stereocenters.